The summed E-state index contributed by atoms with van der Waals surface area (Å²) >= 11 is 0. The van der Waals surface area contributed by atoms with Gasteiger partial charge in [0.1, 0.15) is 17.3 Å². The van der Waals surface area contributed by atoms with Crippen LogP contribution in [0.3, 0.4) is 0 Å². The number of carbonyl (C=O) groups excluding carboxylic acids is 2. The molecule has 1 aliphatic rings. The number of anilines is 1. The highest BCUT2D eigenvalue weighted by molar-refractivity contribution is 6.11. The largest absolute Gasteiger partial charge is 0.457 e. The molecule has 4 aromatic rings. The van der Waals surface area contributed by atoms with E-state index < -0.39 is 11.7 Å². The van der Waals surface area contributed by atoms with Crippen molar-refractivity contribution in [3.8, 4) is 11.5 Å². The van der Waals surface area contributed by atoms with Crippen molar-refractivity contribution < 1.29 is 23.5 Å². The van der Waals surface area contributed by atoms with Crippen molar-refractivity contribution in [3.63, 3.8) is 0 Å². The summed E-state index contributed by atoms with van der Waals surface area (Å²) in [5.74, 6) is -0.230. The molecule has 40 heavy (non-hydrogen) atoms. The quantitative estimate of drug-likeness (QED) is 0.200. The van der Waals surface area contributed by atoms with Crippen LogP contribution in [0, 0.1) is 18.7 Å². The van der Waals surface area contributed by atoms with Crippen LogP contribution in [-0.4, -0.2) is 18.3 Å². The van der Waals surface area contributed by atoms with E-state index in [0.717, 1.165) is 16.9 Å². The number of carbonyl (C=O) groups is 2. The maximum Gasteiger partial charge on any atom is 0.233 e. The maximum absolute atomic E-state index is 14.2. The van der Waals surface area contributed by atoms with Crippen molar-refractivity contribution in [1.29, 1.82) is 0 Å². The maximum atomic E-state index is 14.2. The smallest absolute Gasteiger partial charge is 0.233 e. The molecule has 0 radical (unpaired) electrons. The molecule has 1 amide bonds. The van der Waals surface area contributed by atoms with Gasteiger partial charge < -0.3 is 14.8 Å². The van der Waals surface area contributed by atoms with Crippen LogP contribution >= 0.6 is 0 Å². The monoisotopic (exact) mass is 535 g/mol. The highest BCUT2D eigenvalue weighted by atomic mass is 19.1. The van der Waals surface area contributed by atoms with E-state index in [1.807, 2.05) is 60.7 Å². The van der Waals surface area contributed by atoms with Crippen LogP contribution in [-0.2, 0) is 16.1 Å². The number of halogens is 1. The second-order valence-corrected chi connectivity index (χ2v) is 9.78. The molecule has 0 saturated carbocycles. The Morgan fingerprint density at radius 2 is 1.52 bits per heavy atom. The first-order chi connectivity index (χ1) is 19.5. The minimum absolute atomic E-state index is 0.115. The Bertz CT molecular complexity index is 1520. The standard InChI is InChI=1S/C34H30FNO4/c1-23-12-13-25(20-32(23)35)33(37)30-19-18-29(30)31(22-39-21-24-8-4-2-5-9-24)34(38)36-26-14-16-28(17-15-26)40-27-10-6-3-7-11-27/h2-17,20,31H,18-19,21-22H2,1H3,(H,36,38). The van der Waals surface area contributed by atoms with E-state index in [1.165, 1.54) is 6.07 Å². The van der Waals surface area contributed by atoms with E-state index >= 15 is 0 Å². The predicted octanol–water partition coefficient (Wildman–Crippen LogP) is 7.67. The fourth-order valence-electron chi connectivity index (χ4n) is 4.61. The van der Waals surface area contributed by atoms with Crippen molar-refractivity contribution in [2.45, 2.75) is 26.4 Å². The Balaban J connectivity index is 1.33. The van der Waals surface area contributed by atoms with Gasteiger partial charge in [0, 0.05) is 16.8 Å². The Kier molecular flexibility index (Phi) is 8.47. The molecule has 202 valence electrons. The summed E-state index contributed by atoms with van der Waals surface area (Å²) in [5.41, 5.74) is 3.65. The number of ketones is 1. The minimum Gasteiger partial charge on any atom is -0.457 e. The van der Waals surface area contributed by atoms with Crippen molar-refractivity contribution in [2.75, 3.05) is 11.9 Å². The lowest BCUT2D eigenvalue weighted by Crippen LogP contribution is -2.33. The fraction of sp³-hybridized carbons (Fsp3) is 0.176. The summed E-state index contributed by atoms with van der Waals surface area (Å²) in [7, 11) is 0. The van der Waals surface area contributed by atoms with Crippen LogP contribution in [0.15, 0.2) is 114 Å². The number of hydrogen-bond acceptors (Lipinski definition) is 4. The van der Waals surface area contributed by atoms with Crippen LogP contribution < -0.4 is 10.1 Å². The molecule has 0 heterocycles. The number of ether oxygens (including phenoxy) is 2. The molecule has 0 aromatic heterocycles. The summed E-state index contributed by atoms with van der Waals surface area (Å²) in [5, 5.41) is 2.97. The van der Waals surface area contributed by atoms with Crippen LogP contribution in [0.4, 0.5) is 10.1 Å². The zero-order valence-corrected chi connectivity index (χ0v) is 22.2. The molecule has 1 aliphatic carbocycles. The second-order valence-electron chi connectivity index (χ2n) is 9.78. The van der Waals surface area contributed by atoms with Gasteiger partial charge in [-0.05, 0) is 78.9 Å². The van der Waals surface area contributed by atoms with Crippen LogP contribution in [0.2, 0.25) is 0 Å². The Hall–Kier alpha value is -4.55. The molecular weight excluding hydrogens is 505 g/mol. The van der Waals surface area contributed by atoms with Crippen molar-refractivity contribution >= 4 is 17.4 Å². The second kappa shape index (κ2) is 12.5. The van der Waals surface area contributed by atoms with E-state index in [0.29, 0.717) is 42.0 Å². The third kappa shape index (κ3) is 6.53. The number of nitrogens with one attached hydrogen (secondary N) is 1. The summed E-state index contributed by atoms with van der Waals surface area (Å²) in [6.45, 7) is 2.11. The molecule has 6 heteroatoms. The van der Waals surface area contributed by atoms with E-state index in [9.17, 15) is 14.0 Å². The van der Waals surface area contributed by atoms with Crippen LogP contribution in [0.5, 0.6) is 11.5 Å². The number of amides is 1. The average Bonchev–Trinajstić information content (AvgIpc) is 2.95. The molecule has 4 aromatic carbocycles. The topological polar surface area (TPSA) is 64.6 Å². The molecule has 5 nitrogen and oxygen atoms in total. The van der Waals surface area contributed by atoms with Gasteiger partial charge in [0.2, 0.25) is 5.91 Å². The van der Waals surface area contributed by atoms with Gasteiger partial charge in [-0.1, -0.05) is 60.7 Å². The van der Waals surface area contributed by atoms with Gasteiger partial charge >= 0.3 is 0 Å². The number of Topliss-reactive ketones (excluding diaryl/α,β-unsaturated/α-hetero) is 1. The van der Waals surface area contributed by atoms with Crippen molar-refractivity contribution in [1.82, 2.24) is 0 Å². The van der Waals surface area contributed by atoms with E-state index in [-0.39, 0.29) is 23.9 Å². The first-order valence-corrected chi connectivity index (χ1v) is 13.3. The number of rotatable bonds is 11. The zero-order chi connectivity index (χ0) is 27.9. The lowest BCUT2D eigenvalue weighted by molar-refractivity contribution is -0.120. The third-order valence-electron chi connectivity index (χ3n) is 6.97. The normalized spacial score (nSPS) is 13.3. The third-order valence-corrected chi connectivity index (χ3v) is 6.97. The predicted molar refractivity (Wildman–Crippen MR) is 153 cm³/mol. The Morgan fingerprint density at radius 3 is 2.17 bits per heavy atom. The molecule has 0 bridgehead atoms. The average molecular weight is 536 g/mol. The van der Waals surface area contributed by atoms with E-state index in [1.54, 1.807) is 43.3 Å². The molecule has 0 spiro atoms. The number of allylic oxidation sites excluding steroid dienone is 1. The number of benzene rings is 4. The highest BCUT2D eigenvalue weighted by Crippen LogP contribution is 2.37. The van der Waals surface area contributed by atoms with Gasteiger partial charge in [0.25, 0.3) is 0 Å². The van der Waals surface area contributed by atoms with E-state index in [4.69, 9.17) is 9.47 Å². The molecule has 1 atom stereocenters. The molecule has 1 unspecified atom stereocenters. The van der Waals surface area contributed by atoms with Crippen LogP contribution in [0.25, 0.3) is 0 Å². The highest BCUT2D eigenvalue weighted by Gasteiger charge is 2.34. The Morgan fingerprint density at radius 1 is 0.850 bits per heavy atom. The fourth-order valence-corrected chi connectivity index (χ4v) is 4.61. The summed E-state index contributed by atoms with van der Waals surface area (Å²) in [6.07, 6.45) is 1.14. The molecule has 1 N–H and O–H groups in total. The van der Waals surface area contributed by atoms with Gasteiger partial charge in [-0.3, -0.25) is 9.59 Å². The van der Waals surface area contributed by atoms with Gasteiger partial charge in [0.15, 0.2) is 5.78 Å². The molecule has 0 aliphatic heterocycles. The molecular formula is C34H30FNO4. The SMILES string of the molecule is Cc1ccc(C(=O)C2=C(C(COCc3ccccc3)C(=O)Nc3ccc(Oc4ccccc4)cc3)CC2)cc1F. The van der Waals surface area contributed by atoms with Gasteiger partial charge in [-0.15, -0.1) is 0 Å². The van der Waals surface area contributed by atoms with Crippen molar-refractivity contribution in [3.05, 3.63) is 137 Å². The molecule has 0 fully saturated rings. The van der Waals surface area contributed by atoms with E-state index in [2.05, 4.69) is 5.32 Å². The minimum atomic E-state index is -0.660. The first-order valence-electron chi connectivity index (χ1n) is 13.3. The number of aryl methyl sites for hydroxylation is 1. The zero-order valence-electron chi connectivity index (χ0n) is 22.2. The van der Waals surface area contributed by atoms with Crippen LogP contribution in [0.1, 0.15) is 34.3 Å². The summed E-state index contributed by atoms with van der Waals surface area (Å²) in [4.78, 5) is 26.8. The Labute approximate surface area is 233 Å². The number of hydrogen-bond donors (Lipinski definition) is 1. The van der Waals surface area contributed by atoms with Gasteiger partial charge in [-0.25, -0.2) is 4.39 Å². The molecule has 5 rings (SSSR count). The van der Waals surface area contributed by atoms with Crippen molar-refractivity contribution in [2.24, 2.45) is 5.92 Å². The molecule has 0 saturated heterocycles. The summed E-state index contributed by atoms with van der Waals surface area (Å²) < 4.78 is 26.0. The van der Waals surface area contributed by atoms with Gasteiger partial charge in [0.05, 0.1) is 19.1 Å². The number of para-hydroxylation sites is 1. The lowest BCUT2D eigenvalue weighted by atomic mass is 9.76. The lowest BCUT2D eigenvalue weighted by Gasteiger charge is -2.29. The summed E-state index contributed by atoms with van der Waals surface area (Å²) in [6, 6.07) is 30.8. The first kappa shape index (κ1) is 27.0. The van der Waals surface area contributed by atoms with Gasteiger partial charge in [-0.2, -0.15) is 0 Å².